The lowest BCUT2D eigenvalue weighted by Gasteiger charge is -2.33. The molecule has 0 radical (unpaired) electrons. The summed E-state index contributed by atoms with van der Waals surface area (Å²) in [5.74, 6) is 0.747. The highest BCUT2D eigenvalue weighted by atomic mass is 16.1. The Bertz CT molecular complexity index is 667. The van der Waals surface area contributed by atoms with Gasteiger partial charge in [0.2, 0.25) is 5.91 Å². The fraction of sp³-hybridized carbons (Fsp3) is 0.500. The van der Waals surface area contributed by atoms with Gasteiger partial charge in [-0.2, -0.15) is 5.10 Å². The minimum absolute atomic E-state index is 0.125. The molecule has 1 aromatic carbocycles. The second-order valence-electron chi connectivity index (χ2n) is 6.92. The number of nitrogens with one attached hydrogen (secondary N) is 1. The molecule has 0 unspecified atom stereocenters. The summed E-state index contributed by atoms with van der Waals surface area (Å²) in [4.78, 5) is 14.5. The van der Waals surface area contributed by atoms with Gasteiger partial charge in [-0.15, -0.1) is 0 Å². The van der Waals surface area contributed by atoms with Crippen molar-refractivity contribution < 1.29 is 4.79 Å². The van der Waals surface area contributed by atoms with Gasteiger partial charge >= 0.3 is 0 Å². The standard InChI is InChI=1S/C20H28N4O/c1-23-15-17(14-22-23)9-10-20(25)21-11-13-24-12-5-8-19(16-24)18-6-3-2-4-7-18/h2-4,6-7,14-15,19H,5,8-13,16H2,1H3,(H,21,25)/t19-/m1/s1. The lowest BCUT2D eigenvalue weighted by Crippen LogP contribution is -2.40. The van der Waals surface area contributed by atoms with Gasteiger partial charge in [-0.1, -0.05) is 30.3 Å². The third-order valence-electron chi connectivity index (χ3n) is 4.93. The summed E-state index contributed by atoms with van der Waals surface area (Å²) >= 11 is 0. The van der Waals surface area contributed by atoms with E-state index in [1.165, 1.54) is 18.4 Å². The van der Waals surface area contributed by atoms with Crippen molar-refractivity contribution in [1.82, 2.24) is 20.0 Å². The fourth-order valence-corrected chi connectivity index (χ4v) is 3.56. The highest BCUT2D eigenvalue weighted by molar-refractivity contribution is 5.76. The van der Waals surface area contributed by atoms with Crippen LogP contribution in [0.1, 0.15) is 36.3 Å². The zero-order valence-corrected chi connectivity index (χ0v) is 15.0. The van der Waals surface area contributed by atoms with Crippen LogP contribution in [0.4, 0.5) is 0 Å². The fourth-order valence-electron chi connectivity index (χ4n) is 3.56. The van der Waals surface area contributed by atoms with Crippen LogP contribution in [0.15, 0.2) is 42.7 Å². The molecular weight excluding hydrogens is 312 g/mol. The largest absolute Gasteiger partial charge is 0.355 e. The number of carbonyl (C=O) groups excluding carboxylic acids is 1. The molecule has 1 atom stereocenters. The van der Waals surface area contributed by atoms with Gasteiger partial charge in [-0.05, 0) is 42.9 Å². The van der Waals surface area contributed by atoms with Crippen LogP contribution in [0.5, 0.6) is 0 Å². The summed E-state index contributed by atoms with van der Waals surface area (Å²) in [6.45, 7) is 3.89. The molecule has 1 fully saturated rings. The Kier molecular flexibility index (Phi) is 6.23. The lowest BCUT2D eigenvalue weighted by molar-refractivity contribution is -0.121. The maximum Gasteiger partial charge on any atom is 0.220 e. The molecule has 2 aromatic rings. The second-order valence-corrected chi connectivity index (χ2v) is 6.92. The van der Waals surface area contributed by atoms with Gasteiger partial charge in [0, 0.05) is 39.3 Å². The van der Waals surface area contributed by atoms with Crippen LogP contribution in [0.3, 0.4) is 0 Å². The van der Waals surface area contributed by atoms with Gasteiger partial charge < -0.3 is 10.2 Å². The molecule has 1 aliphatic rings. The molecule has 1 N–H and O–H groups in total. The summed E-state index contributed by atoms with van der Waals surface area (Å²) in [7, 11) is 1.89. The van der Waals surface area contributed by atoms with E-state index in [4.69, 9.17) is 0 Å². The number of likely N-dealkylation sites (tertiary alicyclic amines) is 1. The molecule has 0 saturated carbocycles. The molecule has 1 aliphatic heterocycles. The number of piperidine rings is 1. The van der Waals surface area contributed by atoms with E-state index in [9.17, 15) is 4.79 Å². The number of hydrogen-bond acceptors (Lipinski definition) is 3. The Morgan fingerprint density at radius 2 is 2.16 bits per heavy atom. The summed E-state index contributed by atoms with van der Waals surface area (Å²) < 4.78 is 1.77. The van der Waals surface area contributed by atoms with Crippen molar-refractivity contribution in [3.8, 4) is 0 Å². The maximum absolute atomic E-state index is 12.0. The topological polar surface area (TPSA) is 50.2 Å². The Hall–Kier alpha value is -2.14. The van der Waals surface area contributed by atoms with Gasteiger partial charge in [-0.25, -0.2) is 0 Å². The average Bonchev–Trinajstić information content (AvgIpc) is 3.06. The Morgan fingerprint density at radius 3 is 2.92 bits per heavy atom. The van der Waals surface area contributed by atoms with Crippen molar-refractivity contribution in [3.05, 3.63) is 53.9 Å². The number of nitrogens with zero attached hydrogens (tertiary/aromatic N) is 3. The number of amides is 1. The van der Waals surface area contributed by atoms with E-state index in [1.54, 1.807) is 4.68 Å². The predicted octanol–water partition coefficient (Wildman–Crippen LogP) is 2.35. The van der Waals surface area contributed by atoms with Gasteiger partial charge in [0.1, 0.15) is 0 Å². The van der Waals surface area contributed by atoms with Crippen molar-refractivity contribution in [2.24, 2.45) is 7.05 Å². The van der Waals surface area contributed by atoms with Crippen LogP contribution in [0.25, 0.3) is 0 Å². The molecule has 25 heavy (non-hydrogen) atoms. The van der Waals surface area contributed by atoms with Crippen LogP contribution < -0.4 is 5.32 Å². The van der Waals surface area contributed by atoms with Crippen LogP contribution in [0, 0.1) is 0 Å². The Labute approximate surface area is 150 Å². The molecule has 0 aliphatic carbocycles. The van der Waals surface area contributed by atoms with Crippen LogP contribution in [-0.4, -0.2) is 46.8 Å². The molecule has 5 nitrogen and oxygen atoms in total. The van der Waals surface area contributed by atoms with E-state index in [0.29, 0.717) is 12.3 Å². The molecular formula is C20H28N4O. The van der Waals surface area contributed by atoms with E-state index >= 15 is 0 Å². The normalized spacial score (nSPS) is 18.2. The van der Waals surface area contributed by atoms with Crippen molar-refractivity contribution >= 4 is 5.91 Å². The number of rotatable bonds is 7. The van der Waals surface area contributed by atoms with E-state index < -0.39 is 0 Å². The number of aryl methyl sites for hydroxylation is 2. The Balaban J connectivity index is 1.36. The van der Waals surface area contributed by atoms with Crippen molar-refractivity contribution in [3.63, 3.8) is 0 Å². The van der Waals surface area contributed by atoms with Gasteiger partial charge in [0.15, 0.2) is 0 Å². The molecule has 1 aromatic heterocycles. The number of benzene rings is 1. The zero-order valence-electron chi connectivity index (χ0n) is 15.0. The predicted molar refractivity (Wildman–Crippen MR) is 99.4 cm³/mol. The van der Waals surface area contributed by atoms with Crippen LogP contribution >= 0.6 is 0 Å². The third kappa shape index (κ3) is 5.43. The van der Waals surface area contributed by atoms with Gasteiger partial charge in [0.05, 0.1) is 6.20 Å². The first-order valence-electron chi connectivity index (χ1n) is 9.22. The minimum atomic E-state index is 0.125. The number of hydrogen-bond donors (Lipinski definition) is 1. The minimum Gasteiger partial charge on any atom is -0.355 e. The van der Waals surface area contributed by atoms with Crippen LogP contribution in [-0.2, 0) is 18.3 Å². The van der Waals surface area contributed by atoms with Crippen molar-refractivity contribution in [2.75, 3.05) is 26.2 Å². The zero-order chi connectivity index (χ0) is 17.5. The molecule has 134 valence electrons. The van der Waals surface area contributed by atoms with E-state index in [-0.39, 0.29) is 5.91 Å². The second kappa shape index (κ2) is 8.81. The van der Waals surface area contributed by atoms with E-state index in [0.717, 1.165) is 38.2 Å². The molecule has 0 spiro atoms. The summed E-state index contributed by atoms with van der Waals surface area (Å²) in [5, 5.41) is 7.18. The van der Waals surface area contributed by atoms with E-state index in [2.05, 4.69) is 45.6 Å². The smallest absolute Gasteiger partial charge is 0.220 e. The summed E-state index contributed by atoms with van der Waals surface area (Å²) in [5.41, 5.74) is 2.55. The first-order valence-corrected chi connectivity index (χ1v) is 9.22. The molecule has 3 rings (SSSR count). The maximum atomic E-state index is 12.0. The first kappa shape index (κ1) is 17.7. The Morgan fingerprint density at radius 1 is 1.32 bits per heavy atom. The quantitative estimate of drug-likeness (QED) is 0.842. The van der Waals surface area contributed by atoms with Crippen molar-refractivity contribution in [2.45, 2.75) is 31.6 Å². The van der Waals surface area contributed by atoms with Crippen LogP contribution in [0.2, 0.25) is 0 Å². The SMILES string of the molecule is Cn1cc(CCC(=O)NCCN2CCC[C@@H](c3ccccc3)C2)cn1. The monoisotopic (exact) mass is 340 g/mol. The van der Waals surface area contributed by atoms with E-state index in [1.807, 2.05) is 19.4 Å². The van der Waals surface area contributed by atoms with Crippen molar-refractivity contribution in [1.29, 1.82) is 0 Å². The number of carbonyl (C=O) groups is 1. The molecule has 1 amide bonds. The third-order valence-corrected chi connectivity index (χ3v) is 4.93. The summed E-state index contributed by atoms with van der Waals surface area (Å²) in [6.07, 6.45) is 7.56. The molecule has 2 heterocycles. The first-order chi connectivity index (χ1) is 12.2. The molecule has 0 bridgehead atoms. The number of aromatic nitrogens is 2. The van der Waals surface area contributed by atoms with Gasteiger partial charge in [-0.3, -0.25) is 9.48 Å². The molecule has 1 saturated heterocycles. The highest BCUT2D eigenvalue weighted by Gasteiger charge is 2.20. The summed E-state index contributed by atoms with van der Waals surface area (Å²) in [6, 6.07) is 10.8. The lowest BCUT2D eigenvalue weighted by atomic mass is 9.91. The van der Waals surface area contributed by atoms with Gasteiger partial charge in [0.25, 0.3) is 0 Å². The molecule has 5 heteroatoms. The highest BCUT2D eigenvalue weighted by Crippen LogP contribution is 2.26. The average molecular weight is 340 g/mol.